The molecule has 0 aromatic carbocycles. The second-order valence-corrected chi connectivity index (χ2v) is 3.41. The maximum Gasteiger partial charge on any atom is 0.225 e. The molecule has 0 atom stereocenters. The second-order valence-electron chi connectivity index (χ2n) is 3.41. The summed E-state index contributed by atoms with van der Waals surface area (Å²) in [6.07, 6.45) is 2.90. The van der Waals surface area contributed by atoms with Crippen LogP contribution in [-0.4, -0.2) is 23.6 Å². The van der Waals surface area contributed by atoms with Crippen LogP contribution in [0.4, 0.5) is 5.95 Å². The molecule has 0 aliphatic heterocycles. The topological polar surface area (TPSA) is 55.0 Å². The van der Waals surface area contributed by atoms with Crippen LogP contribution in [0.1, 0.15) is 24.6 Å². The summed E-state index contributed by atoms with van der Waals surface area (Å²) >= 11 is 0. The molecule has 0 bridgehead atoms. The zero-order valence-corrected chi connectivity index (χ0v) is 9.12. The Morgan fingerprint density at radius 3 is 2.71 bits per heavy atom. The third-order valence-electron chi connectivity index (χ3n) is 2.19. The number of nitrogens with zero attached hydrogens (tertiary/aromatic N) is 3. The summed E-state index contributed by atoms with van der Waals surface area (Å²) in [7, 11) is 2.00. The summed E-state index contributed by atoms with van der Waals surface area (Å²) < 4.78 is 0. The van der Waals surface area contributed by atoms with Crippen LogP contribution >= 0.6 is 0 Å². The van der Waals surface area contributed by atoms with E-state index in [0.717, 1.165) is 30.2 Å². The van der Waals surface area contributed by atoms with Crippen LogP contribution in [-0.2, 0) is 6.54 Å². The summed E-state index contributed by atoms with van der Waals surface area (Å²) in [4.78, 5) is 10.7. The van der Waals surface area contributed by atoms with Gasteiger partial charge in [-0.1, -0.05) is 6.92 Å². The summed E-state index contributed by atoms with van der Waals surface area (Å²) in [6.45, 7) is 5.58. The van der Waals surface area contributed by atoms with E-state index in [1.807, 2.05) is 25.1 Å². The van der Waals surface area contributed by atoms with Crippen LogP contribution in [0.5, 0.6) is 0 Å². The van der Waals surface area contributed by atoms with Crippen LogP contribution < -0.4 is 10.6 Å². The molecule has 0 aliphatic carbocycles. The molecule has 4 nitrogen and oxygen atoms in total. The maximum absolute atomic E-state index is 5.54. The molecule has 1 aromatic rings. The largest absolute Gasteiger partial charge is 0.344 e. The van der Waals surface area contributed by atoms with Gasteiger partial charge in [0.25, 0.3) is 0 Å². The minimum atomic E-state index is 0.504. The molecule has 0 saturated carbocycles. The summed E-state index contributed by atoms with van der Waals surface area (Å²) in [5, 5.41) is 0. The number of anilines is 1. The molecule has 0 radical (unpaired) electrons. The van der Waals surface area contributed by atoms with Crippen molar-refractivity contribution in [3.63, 3.8) is 0 Å². The highest BCUT2D eigenvalue weighted by molar-refractivity contribution is 5.31. The molecule has 4 heteroatoms. The molecule has 14 heavy (non-hydrogen) atoms. The number of aryl methyl sites for hydroxylation is 1. The Hall–Kier alpha value is -1.16. The van der Waals surface area contributed by atoms with Gasteiger partial charge < -0.3 is 10.6 Å². The van der Waals surface area contributed by atoms with Crippen LogP contribution in [0.15, 0.2) is 6.20 Å². The lowest BCUT2D eigenvalue weighted by Crippen LogP contribution is -2.21. The van der Waals surface area contributed by atoms with Gasteiger partial charge in [0.2, 0.25) is 5.95 Å². The molecule has 1 heterocycles. The predicted octanol–water partition coefficient (Wildman–Crippen LogP) is 1.09. The second kappa shape index (κ2) is 4.91. The van der Waals surface area contributed by atoms with Gasteiger partial charge in [-0.3, -0.25) is 0 Å². The number of nitrogens with two attached hydrogens (primary N) is 1. The van der Waals surface area contributed by atoms with Crippen LogP contribution in [0.2, 0.25) is 0 Å². The lowest BCUT2D eigenvalue weighted by molar-refractivity contribution is 0.808. The Bertz CT molecular complexity index is 298. The quantitative estimate of drug-likeness (QED) is 0.779. The Morgan fingerprint density at radius 1 is 1.50 bits per heavy atom. The lowest BCUT2D eigenvalue weighted by atomic mass is 10.2. The van der Waals surface area contributed by atoms with E-state index in [9.17, 15) is 0 Å². The smallest absolute Gasteiger partial charge is 0.225 e. The van der Waals surface area contributed by atoms with E-state index in [-0.39, 0.29) is 0 Å². The SMILES string of the molecule is CCCN(C)c1ncc(CN)c(C)n1. The maximum atomic E-state index is 5.54. The Kier molecular flexibility index (Phi) is 3.83. The first-order valence-electron chi connectivity index (χ1n) is 4.92. The number of aromatic nitrogens is 2. The van der Waals surface area contributed by atoms with Gasteiger partial charge in [0, 0.05) is 37.6 Å². The molecule has 78 valence electrons. The highest BCUT2D eigenvalue weighted by atomic mass is 15.2. The fourth-order valence-electron chi connectivity index (χ4n) is 1.30. The monoisotopic (exact) mass is 194 g/mol. The average molecular weight is 194 g/mol. The van der Waals surface area contributed by atoms with Gasteiger partial charge in [-0.2, -0.15) is 0 Å². The number of hydrogen-bond acceptors (Lipinski definition) is 4. The molecule has 2 N–H and O–H groups in total. The van der Waals surface area contributed by atoms with E-state index in [2.05, 4.69) is 16.9 Å². The van der Waals surface area contributed by atoms with E-state index in [4.69, 9.17) is 5.73 Å². The molecule has 0 aliphatic rings. The molecule has 0 spiro atoms. The van der Waals surface area contributed by atoms with E-state index in [0.29, 0.717) is 6.54 Å². The van der Waals surface area contributed by atoms with Crippen molar-refractivity contribution >= 4 is 5.95 Å². The van der Waals surface area contributed by atoms with Crippen molar-refractivity contribution in [2.45, 2.75) is 26.8 Å². The van der Waals surface area contributed by atoms with Gasteiger partial charge in [-0.25, -0.2) is 9.97 Å². The molecular formula is C10H18N4. The van der Waals surface area contributed by atoms with Gasteiger partial charge >= 0.3 is 0 Å². The highest BCUT2D eigenvalue weighted by Crippen LogP contribution is 2.09. The first kappa shape index (κ1) is 10.9. The number of hydrogen-bond donors (Lipinski definition) is 1. The van der Waals surface area contributed by atoms with E-state index < -0.39 is 0 Å². The van der Waals surface area contributed by atoms with Gasteiger partial charge in [0.1, 0.15) is 0 Å². The van der Waals surface area contributed by atoms with Crippen molar-refractivity contribution in [2.75, 3.05) is 18.5 Å². The highest BCUT2D eigenvalue weighted by Gasteiger charge is 2.05. The molecule has 0 amide bonds. The fraction of sp³-hybridized carbons (Fsp3) is 0.600. The molecule has 0 fully saturated rings. The summed E-state index contributed by atoms with van der Waals surface area (Å²) in [5.41, 5.74) is 7.53. The normalized spacial score (nSPS) is 10.3. The first-order chi connectivity index (χ1) is 6.69. The molecule has 0 saturated heterocycles. The first-order valence-corrected chi connectivity index (χ1v) is 4.92. The van der Waals surface area contributed by atoms with E-state index in [1.54, 1.807) is 0 Å². The standard InChI is InChI=1S/C10H18N4/c1-4-5-14(3)10-12-7-9(6-11)8(2)13-10/h7H,4-6,11H2,1-3H3. The summed E-state index contributed by atoms with van der Waals surface area (Å²) in [5.74, 6) is 0.779. The third kappa shape index (κ3) is 2.42. The van der Waals surface area contributed by atoms with Crippen LogP contribution in [0.25, 0.3) is 0 Å². The zero-order valence-electron chi connectivity index (χ0n) is 9.12. The van der Waals surface area contributed by atoms with E-state index >= 15 is 0 Å². The molecule has 1 rings (SSSR count). The minimum Gasteiger partial charge on any atom is -0.344 e. The van der Waals surface area contributed by atoms with Crippen molar-refractivity contribution in [3.05, 3.63) is 17.5 Å². The minimum absolute atomic E-state index is 0.504. The Balaban J connectivity index is 2.85. The van der Waals surface area contributed by atoms with Gasteiger partial charge in [0.05, 0.1) is 0 Å². The average Bonchev–Trinajstić information content (AvgIpc) is 2.18. The van der Waals surface area contributed by atoms with Crippen molar-refractivity contribution in [3.8, 4) is 0 Å². The Morgan fingerprint density at radius 2 is 2.21 bits per heavy atom. The van der Waals surface area contributed by atoms with Gasteiger partial charge in [-0.05, 0) is 13.3 Å². The van der Waals surface area contributed by atoms with Gasteiger partial charge in [0.15, 0.2) is 0 Å². The van der Waals surface area contributed by atoms with E-state index in [1.165, 1.54) is 0 Å². The van der Waals surface area contributed by atoms with Crippen molar-refractivity contribution in [1.29, 1.82) is 0 Å². The van der Waals surface area contributed by atoms with Gasteiger partial charge in [-0.15, -0.1) is 0 Å². The fourth-order valence-corrected chi connectivity index (χ4v) is 1.30. The molecular weight excluding hydrogens is 176 g/mol. The summed E-state index contributed by atoms with van der Waals surface area (Å²) in [6, 6.07) is 0. The lowest BCUT2D eigenvalue weighted by Gasteiger charge is -2.16. The van der Waals surface area contributed by atoms with Crippen LogP contribution in [0, 0.1) is 6.92 Å². The zero-order chi connectivity index (χ0) is 10.6. The third-order valence-corrected chi connectivity index (χ3v) is 2.19. The molecule has 1 aromatic heterocycles. The van der Waals surface area contributed by atoms with Crippen molar-refractivity contribution < 1.29 is 0 Å². The molecule has 0 unspecified atom stereocenters. The predicted molar refractivity (Wildman–Crippen MR) is 58.2 cm³/mol. The Labute approximate surface area is 85.2 Å². The van der Waals surface area contributed by atoms with Crippen molar-refractivity contribution in [1.82, 2.24) is 9.97 Å². The number of rotatable bonds is 4. The van der Waals surface area contributed by atoms with Crippen molar-refractivity contribution in [2.24, 2.45) is 5.73 Å². The van der Waals surface area contributed by atoms with Crippen LogP contribution in [0.3, 0.4) is 0 Å².